The summed E-state index contributed by atoms with van der Waals surface area (Å²) in [5.74, 6) is 1.26. The number of hydrogen-bond donors (Lipinski definition) is 2. The number of aryl methyl sites for hydroxylation is 2. The monoisotopic (exact) mass is 378 g/mol. The Labute approximate surface area is 165 Å². The number of hydrogen-bond acceptors (Lipinski definition) is 5. The smallest absolute Gasteiger partial charge is 0.251 e. The lowest BCUT2D eigenvalue weighted by Gasteiger charge is -2.08. The van der Waals surface area contributed by atoms with Gasteiger partial charge < -0.3 is 10.6 Å². The number of carbonyl (C=O) groups is 1. The zero-order chi connectivity index (χ0) is 20.1. The lowest BCUT2D eigenvalue weighted by atomic mass is 10.1. The third kappa shape index (κ3) is 4.36. The Morgan fingerprint density at radius 1 is 1.00 bits per heavy atom. The second kappa shape index (κ2) is 8.65. The Balaban J connectivity index is 1.49. The molecule has 28 heavy (non-hydrogen) atoms. The Morgan fingerprint density at radius 2 is 1.75 bits per heavy atom. The first-order valence-corrected chi connectivity index (χ1v) is 9.47. The van der Waals surface area contributed by atoms with Gasteiger partial charge in [0.2, 0.25) is 0 Å². The highest BCUT2D eigenvalue weighted by Gasteiger charge is 2.10. The van der Waals surface area contributed by atoms with E-state index in [-0.39, 0.29) is 5.91 Å². The summed E-state index contributed by atoms with van der Waals surface area (Å²) >= 11 is 0. The fraction of sp³-hybridized carbons (Fsp3) is 0.333. The van der Waals surface area contributed by atoms with Gasteiger partial charge in [-0.25, -0.2) is 4.68 Å². The molecule has 0 unspecified atom stereocenters. The molecule has 0 aliphatic heterocycles. The van der Waals surface area contributed by atoms with Crippen molar-refractivity contribution in [3.8, 4) is 5.82 Å². The van der Waals surface area contributed by atoms with Crippen LogP contribution in [0.15, 0.2) is 36.4 Å². The summed E-state index contributed by atoms with van der Waals surface area (Å²) in [6, 6.07) is 11.4. The molecule has 0 saturated heterocycles. The summed E-state index contributed by atoms with van der Waals surface area (Å²) in [5.41, 5.74) is 5.09. The molecule has 0 fully saturated rings. The van der Waals surface area contributed by atoms with Gasteiger partial charge in [-0.1, -0.05) is 19.1 Å². The van der Waals surface area contributed by atoms with Crippen molar-refractivity contribution in [2.24, 2.45) is 0 Å². The molecule has 0 aliphatic carbocycles. The largest absolute Gasteiger partial charge is 0.367 e. The van der Waals surface area contributed by atoms with Crippen molar-refractivity contribution in [1.29, 1.82) is 0 Å². The number of nitrogens with zero attached hydrogens (tertiary/aromatic N) is 4. The summed E-state index contributed by atoms with van der Waals surface area (Å²) in [7, 11) is 0. The van der Waals surface area contributed by atoms with E-state index in [1.54, 1.807) is 4.68 Å². The molecule has 0 radical (unpaired) electrons. The highest BCUT2D eigenvalue weighted by Crippen LogP contribution is 2.15. The number of aromatic nitrogens is 4. The maximum absolute atomic E-state index is 12.1. The molecular weight excluding hydrogens is 352 g/mol. The number of benzene rings is 1. The number of rotatable bonds is 7. The molecule has 0 spiro atoms. The van der Waals surface area contributed by atoms with E-state index in [9.17, 15) is 4.79 Å². The van der Waals surface area contributed by atoms with Crippen LogP contribution in [0, 0.1) is 20.8 Å². The third-order valence-electron chi connectivity index (χ3n) is 4.86. The first-order chi connectivity index (χ1) is 13.5. The molecule has 2 N–H and O–H groups in total. The minimum atomic E-state index is -0.0780. The standard InChI is InChI=1S/C21H26N6O/c1-5-17-6-8-18(9-7-17)21(28)23-13-12-22-19-10-11-20(25-24-19)27-16(4)14(2)15(3)26-27/h6-11H,5,12-13H2,1-4H3,(H,22,24)(H,23,28). The van der Waals surface area contributed by atoms with Crippen molar-refractivity contribution in [3.63, 3.8) is 0 Å². The lowest BCUT2D eigenvalue weighted by Crippen LogP contribution is -2.28. The fourth-order valence-corrected chi connectivity index (χ4v) is 2.84. The van der Waals surface area contributed by atoms with Crippen molar-refractivity contribution in [2.75, 3.05) is 18.4 Å². The van der Waals surface area contributed by atoms with Crippen molar-refractivity contribution in [2.45, 2.75) is 34.1 Å². The number of anilines is 1. The zero-order valence-electron chi connectivity index (χ0n) is 16.8. The Bertz CT molecular complexity index is 944. The van der Waals surface area contributed by atoms with E-state index in [1.165, 1.54) is 5.56 Å². The number of carbonyl (C=O) groups excluding carboxylic acids is 1. The summed E-state index contributed by atoms with van der Waals surface area (Å²) in [6.45, 7) is 9.19. The van der Waals surface area contributed by atoms with Crippen molar-refractivity contribution in [1.82, 2.24) is 25.3 Å². The normalized spacial score (nSPS) is 10.7. The molecule has 2 heterocycles. The van der Waals surface area contributed by atoms with E-state index in [0.717, 1.165) is 23.4 Å². The number of nitrogens with one attached hydrogen (secondary N) is 2. The lowest BCUT2D eigenvalue weighted by molar-refractivity contribution is 0.0955. The highest BCUT2D eigenvalue weighted by atomic mass is 16.1. The molecule has 0 bridgehead atoms. The predicted octanol–water partition coefficient (Wildman–Crippen LogP) is 2.99. The van der Waals surface area contributed by atoms with Crippen LogP contribution < -0.4 is 10.6 Å². The van der Waals surface area contributed by atoms with Gasteiger partial charge in [0, 0.05) is 24.3 Å². The first kappa shape index (κ1) is 19.5. The molecular formula is C21H26N6O. The second-order valence-electron chi connectivity index (χ2n) is 6.72. The van der Waals surface area contributed by atoms with E-state index in [1.807, 2.05) is 57.2 Å². The number of amides is 1. The molecule has 0 atom stereocenters. The fourth-order valence-electron chi connectivity index (χ4n) is 2.84. The van der Waals surface area contributed by atoms with Crippen LogP contribution in [0.4, 0.5) is 5.82 Å². The van der Waals surface area contributed by atoms with Crippen LogP contribution in [0.2, 0.25) is 0 Å². The van der Waals surface area contributed by atoms with E-state index < -0.39 is 0 Å². The van der Waals surface area contributed by atoms with Gasteiger partial charge in [0.15, 0.2) is 5.82 Å². The van der Waals surface area contributed by atoms with Crippen molar-refractivity contribution < 1.29 is 4.79 Å². The molecule has 1 aromatic carbocycles. The van der Waals surface area contributed by atoms with Crippen LogP contribution in [-0.2, 0) is 6.42 Å². The van der Waals surface area contributed by atoms with Crippen LogP contribution >= 0.6 is 0 Å². The molecule has 7 nitrogen and oxygen atoms in total. The van der Waals surface area contributed by atoms with Crippen molar-refractivity contribution in [3.05, 3.63) is 64.5 Å². The average molecular weight is 378 g/mol. The molecule has 1 amide bonds. The average Bonchev–Trinajstić information content (AvgIpc) is 2.99. The van der Waals surface area contributed by atoms with Crippen LogP contribution in [0.3, 0.4) is 0 Å². The Kier molecular flexibility index (Phi) is 6.03. The summed E-state index contributed by atoms with van der Waals surface area (Å²) < 4.78 is 1.80. The van der Waals surface area contributed by atoms with Crippen LogP contribution in [-0.4, -0.2) is 39.0 Å². The maximum atomic E-state index is 12.1. The summed E-state index contributed by atoms with van der Waals surface area (Å²) in [6.07, 6.45) is 0.963. The molecule has 3 rings (SSSR count). The van der Waals surface area contributed by atoms with Gasteiger partial charge >= 0.3 is 0 Å². The van der Waals surface area contributed by atoms with E-state index >= 15 is 0 Å². The van der Waals surface area contributed by atoms with E-state index in [4.69, 9.17) is 0 Å². The Hall–Kier alpha value is -3.22. The maximum Gasteiger partial charge on any atom is 0.251 e. The molecule has 0 aliphatic rings. The molecule has 146 valence electrons. The SMILES string of the molecule is CCc1ccc(C(=O)NCCNc2ccc(-n3nc(C)c(C)c3C)nn2)cc1. The van der Waals surface area contributed by atoms with E-state index in [2.05, 4.69) is 32.9 Å². The quantitative estimate of drug-likeness (QED) is 0.618. The molecule has 3 aromatic rings. The van der Waals surface area contributed by atoms with Gasteiger partial charge in [-0.05, 0) is 62.6 Å². The minimum absolute atomic E-state index is 0.0780. The minimum Gasteiger partial charge on any atom is -0.367 e. The Morgan fingerprint density at radius 3 is 2.32 bits per heavy atom. The summed E-state index contributed by atoms with van der Waals surface area (Å²) in [4.78, 5) is 12.1. The third-order valence-corrected chi connectivity index (χ3v) is 4.86. The van der Waals surface area contributed by atoms with Crippen LogP contribution in [0.1, 0.15) is 39.8 Å². The summed E-state index contributed by atoms with van der Waals surface area (Å²) in [5, 5.41) is 19.0. The van der Waals surface area contributed by atoms with Gasteiger partial charge in [-0.3, -0.25) is 4.79 Å². The zero-order valence-corrected chi connectivity index (χ0v) is 16.8. The second-order valence-corrected chi connectivity index (χ2v) is 6.72. The van der Waals surface area contributed by atoms with Crippen LogP contribution in [0.25, 0.3) is 5.82 Å². The van der Waals surface area contributed by atoms with Gasteiger partial charge in [-0.15, -0.1) is 10.2 Å². The van der Waals surface area contributed by atoms with E-state index in [0.29, 0.717) is 30.3 Å². The van der Waals surface area contributed by atoms with Gasteiger partial charge in [0.05, 0.1) is 5.69 Å². The van der Waals surface area contributed by atoms with Crippen LogP contribution in [0.5, 0.6) is 0 Å². The highest BCUT2D eigenvalue weighted by molar-refractivity contribution is 5.94. The van der Waals surface area contributed by atoms with Gasteiger partial charge in [-0.2, -0.15) is 5.10 Å². The van der Waals surface area contributed by atoms with Crippen molar-refractivity contribution >= 4 is 11.7 Å². The van der Waals surface area contributed by atoms with Gasteiger partial charge in [0.1, 0.15) is 5.82 Å². The first-order valence-electron chi connectivity index (χ1n) is 9.47. The predicted molar refractivity (Wildman–Crippen MR) is 110 cm³/mol. The topological polar surface area (TPSA) is 84.7 Å². The molecule has 7 heteroatoms. The molecule has 0 saturated carbocycles. The van der Waals surface area contributed by atoms with Gasteiger partial charge in [0.25, 0.3) is 5.91 Å². The molecule has 2 aromatic heterocycles.